The monoisotopic (exact) mass is 389 g/mol. The van der Waals surface area contributed by atoms with Crippen LogP contribution in [0.3, 0.4) is 0 Å². The Morgan fingerprint density at radius 3 is 2.89 bits per heavy atom. The molecule has 7 nitrogen and oxygen atoms in total. The van der Waals surface area contributed by atoms with E-state index in [1.165, 1.54) is 6.04 Å². The van der Waals surface area contributed by atoms with Crippen LogP contribution in [0.5, 0.6) is 0 Å². The highest BCUT2D eigenvalue weighted by atomic mass is 28.3. The van der Waals surface area contributed by atoms with Gasteiger partial charge in [0, 0.05) is 44.8 Å². The van der Waals surface area contributed by atoms with Gasteiger partial charge >= 0.3 is 0 Å². The molecule has 2 atom stereocenters. The Balaban J connectivity index is 1.69. The zero-order valence-electron chi connectivity index (χ0n) is 17.0. The van der Waals surface area contributed by atoms with E-state index < -0.39 is 8.07 Å². The Bertz CT molecular complexity index is 777. The van der Waals surface area contributed by atoms with Gasteiger partial charge < -0.3 is 19.4 Å². The average molecular weight is 390 g/mol. The molecule has 148 valence electrons. The Morgan fingerprint density at radius 1 is 1.33 bits per heavy atom. The van der Waals surface area contributed by atoms with E-state index in [1.807, 2.05) is 37.1 Å². The van der Waals surface area contributed by atoms with Crippen molar-refractivity contribution in [2.75, 3.05) is 13.2 Å². The summed E-state index contributed by atoms with van der Waals surface area (Å²) in [5.41, 5.74) is 2.22. The molecule has 0 spiro atoms. The van der Waals surface area contributed by atoms with E-state index in [0.29, 0.717) is 13.3 Å². The average Bonchev–Trinajstić information content (AvgIpc) is 3.25. The number of nitrogens with one attached hydrogen (secondary N) is 1. The number of fused-ring (bicyclic) bond motifs is 1. The predicted octanol–water partition coefficient (Wildman–Crippen LogP) is 3.90. The molecule has 1 aliphatic rings. The lowest BCUT2D eigenvalue weighted by Gasteiger charge is -2.21. The molecule has 3 heterocycles. The van der Waals surface area contributed by atoms with Gasteiger partial charge in [-0.25, -0.2) is 9.67 Å². The van der Waals surface area contributed by atoms with E-state index in [-0.39, 0.29) is 12.3 Å². The summed E-state index contributed by atoms with van der Waals surface area (Å²) in [5.74, 6) is 0.942. The molecule has 0 bridgehead atoms. The van der Waals surface area contributed by atoms with Gasteiger partial charge in [-0.1, -0.05) is 19.6 Å². The fourth-order valence-corrected chi connectivity index (χ4v) is 3.81. The maximum absolute atomic E-state index is 5.89. The van der Waals surface area contributed by atoms with E-state index in [9.17, 15) is 0 Å². The van der Waals surface area contributed by atoms with Gasteiger partial charge in [-0.2, -0.15) is 5.10 Å². The summed E-state index contributed by atoms with van der Waals surface area (Å²) in [5, 5.41) is 7.79. The maximum Gasteiger partial charge on any atom is 0.147 e. The lowest BCUT2D eigenvalue weighted by molar-refractivity contribution is 0.0159. The number of hydrogen-bond acceptors (Lipinski definition) is 5. The van der Waals surface area contributed by atoms with Crippen molar-refractivity contribution in [3.05, 3.63) is 35.8 Å². The van der Waals surface area contributed by atoms with Gasteiger partial charge in [-0.15, -0.1) is 0 Å². The quantitative estimate of drug-likeness (QED) is 0.522. The second-order valence-corrected chi connectivity index (χ2v) is 13.7. The Labute approximate surface area is 162 Å². The summed E-state index contributed by atoms with van der Waals surface area (Å²) < 4.78 is 15.4. The van der Waals surface area contributed by atoms with Gasteiger partial charge in [-0.05, 0) is 26.0 Å². The van der Waals surface area contributed by atoms with Crippen LogP contribution in [0.1, 0.15) is 37.2 Å². The van der Waals surface area contributed by atoms with Crippen LogP contribution in [0.4, 0.5) is 5.82 Å². The largest absolute Gasteiger partial charge is 0.365 e. The van der Waals surface area contributed by atoms with Crippen LogP contribution < -0.4 is 5.32 Å². The van der Waals surface area contributed by atoms with Crippen LogP contribution in [0.25, 0.3) is 0 Å². The molecule has 1 N–H and O–H groups in total. The topological polar surface area (TPSA) is 65.6 Å². The van der Waals surface area contributed by atoms with Gasteiger partial charge in [0.2, 0.25) is 0 Å². The molecule has 27 heavy (non-hydrogen) atoms. The summed E-state index contributed by atoms with van der Waals surface area (Å²) >= 11 is 0. The number of aliphatic imine (C=N–C) groups is 1. The molecule has 3 rings (SSSR count). The van der Waals surface area contributed by atoms with Crippen LogP contribution in [0.2, 0.25) is 25.7 Å². The van der Waals surface area contributed by atoms with Crippen molar-refractivity contribution in [1.29, 1.82) is 0 Å². The first-order valence-electron chi connectivity index (χ1n) is 9.60. The SMILES string of the molecule is CCOC(C)n1cc(C2NC=Nc3c2ccn3COCC[Si](C)(C)C)cn1. The van der Waals surface area contributed by atoms with Crippen LogP contribution in [0.15, 0.2) is 29.6 Å². The van der Waals surface area contributed by atoms with E-state index >= 15 is 0 Å². The van der Waals surface area contributed by atoms with Gasteiger partial charge in [0.05, 0.1) is 18.6 Å². The smallest absolute Gasteiger partial charge is 0.147 e. The van der Waals surface area contributed by atoms with Crippen LogP contribution in [-0.2, 0) is 16.2 Å². The summed E-state index contributed by atoms with van der Waals surface area (Å²) in [4.78, 5) is 4.53. The lowest BCUT2D eigenvalue weighted by atomic mass is 10.0. The first kappa shape index (κ1) is 19.8. The molecule has 2 aromatic heterocycles. The second kappa shape index (κ2) is 8.41. The highest BCUT2D eigenvalue weighted by molar-refractivity contribution is 6.76. The summed E-state index contributed by atoms with van der Waals surface area (Å²) in [7, 11) is -1.07. The number of nitrogens with zero attached hydrogens (tertiary/aromatic N) is 4. The van der Waals surface area contributed by atoms with Crippen molar-refractivity contribution < 1.29 is 9.47 Å². The molecule has 0 amide bonds. The molecule has 0 aromatic carbocycles. The van der Waals surface area contributed by atoms with Gasteiger partial charge in [0.15, 0.2) is 0 Å². The Hall–Kier alpha value is -1.90. The molecular formula is C19H31N5O2Si. The Kier molecular flexibility index (Phi) is 6.18. The number of hydrogen-bond donors (Lipinski definition) is 1. The number of ether oxygens (including phenoxy) is 2. The third kappa shape index (κ3) is 4.88. The molecule has 1 aliphatic heterocycles. The molecular weight excluding hydrogens is 358 g/mol. The van der Waals surface area contributed by atoms with E-state index in [0.717, 1.165) is 23.6 Å². The second-order valence-electron chi connectivity index (χ2n) is 8.08. The maximum atomic E-state index is 5.89. The van der Waals surface area contributed by atoms with Crippen molar-refractivity contribution in [1.82, 2.24) is 19.7 Å². The first-order valence-corrected chi connectivity index (χ1v) is 13.3. The molecule has 8 heteroatoms. The minimum atomic E-state index is -1.07. The summed E-state index contributed by atoms with van der Waals surface area (Å²) in [6.07, 6.45) is 7.64. The standard InChI is InChI=1S/C19H31N5O2Si/c1-6-26-15(2)24-12-16(11-22-24)18-17-7-8-23(19(17)21-13-20-18)14-25-9-10-27(3,4)5/h7-8,11-13,15,18H,6,9-10,14H2,1-5H3,(H,20,21). The molecule has 0 aliphatic carbocycles. The minimum absolute atomic E-state index is 0.0308. The van der Waals surface area contributed by atoms with E-state index in [2.05, 4.69) is 45.7 Å². The van der Waals surface area contributed by atoms with Crippen molar-refractivity contribution >= 4 is 20.2 Å². The van der Waals surface area contributed by atoms with Gasteiger partial charge in [-0.3, -0.25) is 0 Å². The van der Waals surface area contributed by atoms with Crippen molar-refractivity contribution in [2.45, 2.75) is 58.5 Å². The first-order chi connectivity index (χ1) is 12.9. The van der Waals surface area contributed by atoms with Crippen LogP contribution in [0, 0.1) is 0 Å². The zero-order chi connectivity index (χ0) is 19.4. The number of rotatable bonds is 9. The minimum Gasteiger partial charge on any atom is -0.365 e. The third-order valence-corrected chi connectivity index (χ3v) is 6.37. The molecule has 0 radical (unpaired) electrons. The molecule has 0 fully saturated rings. The molecule has 0 saturated carbocycles. The molecule has 2 aromatic rings. The third-order valence-electron chi connectivity index (χ3n) is 4.67. The normalized spacial score (nSPS) is 17.6. The van der Waals surface area contributed by atoms with E-state index in [4.69, 9.17) is 9.47 Å². The van der Waals surface area contributed by atoms with Crippen molar-refractivity contribution in [3.63, 3.8) is 0 Å². The predicted molar refractivity (Wildman–Crippen MR) is 110 cm³/mol. The molecule has 2 unspecified atom stereocenters. The zero-order valence-corrected chi connectivity index (χ0v) is 18.0. The number of aromatic nitrogens is 3. The molecule has 0 saturated heterocycles. The highest BCUT2D eigenvalue weighted by Gasteiger charge is 2.24. The van der Waals surface area contributed by atoms with Gasteiger partial charge in [0.25, 0.3) is 0 Å². The Morgan fingerprint density at radius 2 is 2.15 bits per heavy atom. The lowest BCUT2D eigenvalue weighted by Crippen LogP contribution is -2.24. The van der Waals surface area contributed by atoms with Crippen LogP contribution >= 0.6 is 0 Å². The highest BCUT2D eigenvalue weighted by Crippen LogP contribution is 2.33. The van der Waals surface area contributed by atoms with Crippen molar-refractivity contribution in [3.8, 4) is 0 Å². The van der Waals surface area contributed by atoms with E-state index in [1.54, 1.807) is 6.34 Å². The van der Waals surface area contributed by atoms with Crippen LogP contribution in [-0.4, -0.2) is 42.0 Å². The fraction of sp³-hybridized carbons (Fsp3) is 0.579. The summed E-state index contributed by atoms with van der Waals surface area (Å²) in [6, 6.07) is 3.30. The summed E-state index contributed by atoms with van der Waals surface area (Å²) in [6.45, 7) is 13.1. The fourth-order valence-electron chi connectivity index (χ4n) is 3.06. The van der Waals surface area contributed by atoms with Crippen molar-refractivity contribution in [2.24, 2.45) is 4.99 Å². The van der Waals surface area contributed by atoms with Gasteiger partial charge in [0.1, 0.15) is 18.8 Å².